The van der Waals surface area contributed by atoms with Crippen LogP contribution in [0.4, 0.5) is 0 Å². The lowest BCUT2D eigenvalue weighted by Crippen LogP contribution is -2.44. The van der Waals surface area contributed by atoms with Crippen LogP contribution in [-0.2, 0) is 6.54 Å². The van der Waals surface area contributed by atoms with Crippen molar-refractivity contribution >= 4 is 22.5 Å². The normalized spacial score (nSPS) is 10.2. The SMILES string of the molecule is [N-]=[N+]=NCC(=O)c1ccc2ccccc2[n+]1CC(=O)c1ccccc1. The third-order valence-electron chi connectivity index (χ3n) is 3.90. The van der Waals surface area contributed by atoms with E-state index in [9.17, 15) is 9.59 Å². The average molecular weight is 331 g/mol. The lowest BCUT2D eigenvalue weighted by Gasteiger charge is -2.06. The van der Waals surface area contributed by atoms with Gasteiger partial charge in [0.15, 0.2) is 0 Å². The molecule has 0 saturated carbocycles. The van der Waals surface area contributed by atoms with Crippen LogP contribution in [0, 0.1) is 0 Å². The molecule has 6 heteroatoms. The summed E-state index contributed by atoms with van der Waals surface area (Å²) < 4.78 is 1.68. The first-order valence-corrected chi connectivity index (χ1v) is 7.74. The number of ketones is 2. The van der Waals surface area contributed by atoms with E-state index in [2.05, 4.69) is 10.0 Å². The maximum atomic E-state index is 12.6. The van der Waals surface area contributed by atoms with Crippen molar-refractivity contribution in [2.45, 2.75) is 6.54 Å². The number of azide groups is 1. The van der Waals surface area contributed by atoms with E-state index in [4.69, 9.17) is 5.53 Å². The molecular formula is C19H15N4O2+. The summed E-state index contributed by atoms with van der Waals surface area (Å²) in [5.74, 6) is -0.427. The van der Waals surface area contributed by atoms with Crippen LogP contribution in [0.1, 0.15) is 20.8 Å². The number of aromatic nitrogens is 1. The molecule has 0 amide bonds. The fourth-order valence-corrected chi connectivity index (χ4v) is 2.71. The largest absolute Gasteiger partial charge is 0.287 e. The van der Waals surface area contributed by atoms with Crippen molar-refractivity contribution in [3.8, 4) is 0 Å². The molecule has 0 spiro atoms. The maximum Gasteiger partial charge on any atom is 0.249 e. The Hall–Kier alpha value is -3.50. The third-order valence-corrected chi connectivity index (χ3v) is 3.90. The van der Waals surface area contributed by atoms with E-state index in [1.54, 1.807) is 34.9 Å². The molecule has 1 heterocycles. The lowest BCUT2D eigenvalue weighted by molar-refractivity contribution is -0.659. The van der Waals surface area contributed by atoms with Gasteiger partial charge >= 0.3 is 0 Å². The van der Waals surface area contributed by atoms with Gasteiger partial charge in [-0.25, -0.2) is 0 Å². The molecule has 122 valence electrons. The fourth-order valence-electron chi connectivity index (χ4n) is 2.71. The van der Waals surface area contributed by atoms with Crippen LogP contribution < -0.4 is 4.57 Å². The van der Waals surface area contributed by atoms with Crippen molar-refractivity contribution < 1.29 is 14.2 Å². The molecule has 0 saturated heterocycles. The standard InChI is InChI=1S/C19H15N4O2/c20-22-21-12-18(24)17-11-10-14-6-4-5-9-16(14)23(17)13-19(25)15-7-2-1-3-8-15/h1-11H,12-13H2/q+1. The minimum atomic E-state index is -0.329. The maximum absolute atomic E-state index is 12.6. The number of carbonyl (C=O) groups is 2. The zero-order valence-corrected chi connectivity index (χ0v) is 13.4. The van der Waals surface area contributed by atoms with E-state index in [-0.39, 0.29) is 24.7 Å². The van der Waals surface area contributed by atoms with Gasteiger partial charge in [0.1, 0.15) is 0 Å². The number of Topliss-reactive ketones (excluding diaryl/α,β-unsaturated/α-hetero) is 2. The summed E-state index contributed by atoms with van der Waals surface area (Å²) in [5, 5.41) is 4.26. The van der Waals surface area contributed by atoms with Gasteiger partial charge in [-0.3, -0.25) is 9.59 Å². The number of hydrogen-bond donors (Lipinski definition) is 0. The summed E-state index contributed by atoms with van der Waals surface area (Å²) in [5.41, 5.74) is 10.1. The Morgan fingerprint density at radius 3 is 2.40 bits per heavy atom. The molecule has 0 aliphatic heterocycles. The third kappa shape index (κ3) is 3.54. The van der Waals surface area contributed by atoms with Crippen LogP contribution in [-0.4, -0.2) is 18.1 Å². The van der Waals surface area contributed by atoms with Gasteiger partial charge in [-0.05, 0) is 17.7 Å². The highest BCUT2D eigenvalue weighted by Crippen LogP contribution is 2.12. The second kappa shape index (κ2) is 7.38. The lowest BCUT2D eigenvalue weighted by atomic mass is 10.1. The first-order valence-electron chi connectivity index (χ1n) is 7.74. The van der Waals surface area contributed by atoms with E-state index in [0.717, 1.165) is 10.9 Å². The highest BCUT2D eigenvalue weighted by atomic mass is 16.1. The first-order chi connectivity index (χ1) is 12.2. The predicted octanol–water partition coefficient (Wildman–Crippen LogP) is 3.50. The molecule has 3 aromatic rings. The molecule has 0 bridgehead atoms. The minimum absolute atomic E-state index is 0.0305. The minimum Gasteiger partial charge on any atom is -0.287 e. The Bertz CT molecular complexity index is 993. The number of pyridine rings is 1. The van der Waals surface area contributed by atoms with E-state index >= 15 is 0 Å². The molecule has 25 heavy (non-hydrogen) atoms. The van der Waals surface area contributed by atoms with E-state index < -0.39 is 0 Å². The summed E-state index contributed by atoms with van der Waals surface area (Å²) in [6.45, 7) is -0.253. The van der Waals surface area contributed by atoms with E-state index in [1.807, 2.05) is 36.4 Å². The van der Waals surface area contributed by atoms with Crippen LogP contribution in [0.3, 0.4) is 0 Å². The van der Waals surface area contributed by atoms with Crippen molar-refractivity contribution in [1.29, 1.82) is 0 Å². The van der Waals surface area contributed by atoms with Gasteiger partial charge < -0.3 is 0 Å². The predicted molar refractivity (Wildman–Crippen MR) is 93.3 cm³/mol. The molecule has 0 atom stereocenters. The first kappa shape index (κ1) is 16.4. The highest BCUT2D eigenvalue weighted by Gasteiger charge is 2.24. The second-order valence-electron chi connectivity index (χ2n) is 5.46. The van der Waals surface area contributed by atoms with Crippen LogP contribution in [0.5, 0.6) is 0 Å². The summed E-state index contributed by atoms with van der Waals surface area (Å²) >= 11 is 0. The summed E-state index contributed by atoms with van der Waals surface area (Å²) in [4.78, 5) is 27.7. The Morgan fingerprint density at radius 1 is 0.920 bits per heavy atom. The molecule has 6 nitrogen and oxygen atoms in total. The van der Waals surface area contributed by atoms with Gasteiger partial charge in [0.05, 0.1) is 6.54 Å². The monoisotopic (exact) mass is 331 g/mol. The van der Waals surface area contributed by atoms with Gasteiger partial charge in [0, 0.05) is 28.0 Å². The molecule has 0 radical (unpaired) electrons. The number of benzene rings is 2. The van der Waals surface area contributed by atoms with Gasteiger partial charge in [-0.2, -0.15) is 4.57 Å². The fraction of sp³-hybridized carbons (Fsp3) is 0.105. The van der Waals surface area contributed by atoms with Crippen LogP contribution in [0.2, 0.25) is 0 Å². The Morgan fingerprint density at radius 2 is 1.64 bits per heavy atom. The highest BCUT2D eigenvalue weighted by molar-refractivity contribution is 5.97. The number of rotatable bonds is 6. The smallest absolute Gasteiger partial charge is 0.249 e. The number of nitrogens with zero attached hydrogens (tertiary/aromatic N) is 4. The zero-order chi connectivity index (χ0) is 17.6. The van der Waals surface area contributed by atoms with Crippen molar-refractivity contribution in [3.63, 3.8) is 0 Å². The summed E-state index contributed by atoms with van der Waals surface area (Å²) in [6, 6.07) is 19.9. The van der Waals surface area contributed by atoms with Gasteiger partial charge in [-0.1, -0.05) is 47.6 Å². The molecule has 0 aliphatic rings. The van der Waals surface area contributed by atoms with Crippen LogP contribution in [0.15, 0.2) is 71.8 Å². The molecule has 0 fully saturated rings. The van der Waals surface area contributed by atoms with Crippen molar-refractivity contribution in [2.75, 3.05) is 6.54 Å². The number of carbonyl (C=O) groups excluding carboxylic acids is 2. The summed E-state index contributed by atoms with van der Waals surface area (Å²) in [7, 11) is 0. The molecule has 2 aromatic carbocycles. The number of hydrogen-bond acceptors (Lipinski definition) is 3. The van der Waals surface area contributed by atoms with Crippen LogP contribution in [0.25, 0.3) is 21.3 Å². The number of para-hydroxylation sites is 1. The average Bonchev–Trinajstić information content (AvgIpc) is 2.67. The topological polar surface area (TPSA) is 86.8 Å². The van der Waals surface area contributed by atoms with Crippen LogP contribution >= 0.6 is 0 Å². The van der Waals surface area contributed by atoms with Crippen molar-refractivity contribution in [1.82, 2.24) is 0 Å². The van der Waals surface area contributed by atoms with Gasteiger partial charge in [0.25, 0.3) is 0 Å². The molecule has 0 aliphatic carbocycles. The second-order valence-corrected chi connectivity index (χ2v) is 5.46. The number of fused-ring (bicyclic) bond motifs is 1. The zero-order valence-electron chi connectivity index (χ0n) is 13.4. The van der Waals surface area contributed by atoms with Gasteiger partial charge in [-0.15, -0.1) is 0 Å². The van der Waals surface area contributed by atoms with E-state index in [1.165, 1.54) is 0 Å². The Balaban J connectivity index is 2.08. The van der Waals surface area contributed by atoms with Crippen molar-refractivity contribution in [2.24, 2.45) is 5.11 Å². The molecule has 0 N–H and O–H groups in total. The Labute approximate surface area is 144 Å². The van der Waals surface area contributed by atoms with Gasteiger partial charge in [0.2, 0.25) is 29.3 Å². The Kier molecular flexibility index (Phi) is 4.83. The van der Waals surface area contributed by atoms with E-state index in [0.29, 0.717) is 11.3 Å². The molecule has 1 aromatic heterocycles. The molecule has 3 rings (SSSR count). The molecule has 0 unspecified atom stereocenters. The quantitative estimate of drug-likeness (QED) is 0.227. The summed E-state index contributed by atoms with van der Waals surface area (Å²) in [6.07, 6.45) is 0. The van der Waals surface area contributed by atoms with Crippen molar-refractivity contribution in [3.05, 3.63) is 88.4 Å². The molecular weight excluding hydrogens is 316 g/mol.